The molecule has 1 unspecified atom stereocenters. The molecule has 13 heavy (non-hydrogen) atoms. The van der Waals surface area contributed by atoms with Gasteiger partial charge in [-0.15, -0.1) is 11.3 Å². The normalized spacial score (nSPS) is 21.5. The van der Waals surface area contributed by atoms with Gasteiger partial charge in [-0.25, -0.2) is 0 Å². The molecule has 1 heterocycles. The Labute approximate surface area is 88.1 Å². The van der Waals surface area contributed by atoms with Crippen LogP contribution in [0.15, 0.2) is 11.4 Å². The Balaban J connectivity index is 2.27. The zero-order valence-electron chi connectivity index (χ0n) is 7.93. The second kappa shape index (κ2) is 3.26. The molecule has 1 nitrogen and oxygen atoms in total. The summed E-state index contributed by atoms with van der Waals surface area (Å²) in [6.45, 7) is 2.32. The second-order valence-corrected chi connectivity index (χ2v) is 5.54. The lowest BCUT2D eigenvalue weighted by Gasteiger charge is -2.22. The number of halogens is 1. The van der Waals surface area contributed by atoms with Gasteiger partial charge in [0.1, 0.15) is 0 Å². The van der Waals surface area contributed by atoms with E-state index in [1.54, 1.807) is 11.3 Å². The van der Waals surface area contributed by atoms with Gasteiger partial charge in [0.15, 0.2) is 0 Å². The summed E-state index contributed by atoms with van der Waals surface area (Å²) in [6, 6.07) is 2.57. The molecule has 1 aliphatic carbocycles. The first-order chi connectivity index (χ1) is 6.17. The maximum Gasteiger partial charge on any atom is 0.0976 e. The third-order valence-corrected chi connectivity index (χ3v) is 4.18. The predicted molar refractivity (Wildman–Crippen MR) is 58.5 cm³/mol. The van der Waals surface area contributed by atoms with Crippen molar-refractivity contribution in [2.45, 2.75) is 25.8 Å². The van der Waals surface area contributed by atoms with Crippen molar-refractivity contribution < 1.29 is 0 Å². The lowest BCUT2D eigenvalue weighted by atomic mass is 9.94. The van der Waals surface area contributed by atoms with Gasteiger partial charge in [0.2, 0.25) is 0 Å². The third kappa shape index (κ3) is 1.63. The van der Waals surface area contributed by atoms with Gasteiger partial charge < -0.3 is 5.32 Å². The van der Waals surface area contributed by atoms with Gasteiger partial charge in [-0.05, 0) is 42.3 Å². The molecule has 0 aliphatic heterocycles. The minimum absolute atomic E-state index is 0.436. The van der Waals surface area contributed by atoms with E-state index in [-0.39, 0.29) is 0 Å². The predicted octanol–water partition coefficient (Wildman–Crippen LogP) is 3.46. The highest BCUT2D eigenvalue weighted by molar-refractivity contribution is 7.14. The van der Waals surface area contributed by atoms with Gasteiger partial charge >= 0.3 is 0 Å². The van der Waals surface area contributed by atoms with E-state index in [0.29, 0.717) is 11.5 Å². The monoisotopic (exact) mass is 215 g/mol. The number of nitrogens with one attached hydrogen (secondary N) is 1. The summed E-state index contributed by atoms with van der Waals surface area (Å²) in [4.78, 5) is 0. The van der Waals surface area contributed by atoms with Crippen LogP contribution < -0.4 is 5.32 Å². The zero-order chi connectivity index (χ0) is 9.47. The lowest BCUT2D eigenvalue weighted by molar-refractivity contribution is 0.391. The molecule has 0 bridgehead atoms. The summed E-state index contributed by atoms with van der Waals surface area (Å²) in [5, 5.41) is 5.43. The van der Waals surface area contributed by atoms with E-state index in [2.05, 4.69) is 23.7 Å². The number of thiophene rings is 1. The van der Waals surface area contributed by atoms with E-state index >= 15 is 0 Å². The molecule has 1 atom stereocenters. The average molecular weight is 216 g/mol. The van der Waals surface area contributed by atoms with E-state index < -0.39 is 0 Å². The standard InChI is InChI=1S/C10H14ClNS/c1-10(4-5-10)8(12-2)7-3-6-13-9(7)11/h3,6,8,12H,4-5H2,1-2H3. The molecule has 1 aromatic heterocycles. The van der Waals surface area contributed by atoms with E-state index in [9.17, 15) is 0 Å². The molecule has 0 spiro atoms. The number of hydrogen-bond donors (Lipinski definition) is 1. The fraction of sp³-hybridized carbons (Fsp3) is 0.600. The molecule has 0 radical (unpaired) electrons. The first-order valence-corrected chi connectivity index (χ1v) is 5.83. The fourth-order valence-corrected chi connectivity index (χ4v) is 2.86. The Bertz CT molecular complexity index is 304. The van der Waals surface area contributed by atoms with Crippen molar-refractivity contribution in [1.82, 2.24) is 5.32 Å². The van der Waals surface area contributed by atoms with Crippen LogP contribution in [0.25, 0.3) is 0 Å². The Morgan fingerprint density at radius 2 is 2.31 bits per heavy atom. The van der Waals surface area contributed by atoms with Gasteiger partial charge in [0.05, 0.1) is 4.34 Å². The van der Waals surface area contributed by atoms with E-state index in [1.807, 2.05) is 7.05 Å². The lowest BCUT2D eigenvalue weighted by Crippen LogP contribution is -2.24. The van der Waals surface area contributed by atoms with Crippen LogP contribution in [0, 0.1) is 5.41 Å². The van der Waals surface area contributed by atoms with Crippen LogP contribution in [0.3, 0.4) is 0 Å². The molecule has 0 saturated heterocycles. The summed E-state index contributed by atoms with van der Waals surface area (Å²) in [5.41, 5.74) is 1.72. The van der Waals surface area contributed by atoms with Gasteiger partial charge in [0, 0.05) is 6.04 Å². The van der Waals surface area contributed by atoms with E-state index in [1.165, 1.54) is 18.4 Å². The van der Waals surface area contributed by atoms with Gasteiger partial charge in [-0.3, -0.25) is 0 Å². The minimum atomic E-state index is 0.436. The van der Waals surface area contributed by atoms with Crippen LogP contribution >= 0.6 is 22.9 Å². The number of hydrogen-bond acceptors (Lipinski definition) is 2. The van der Waals surface area contributed by atoms with Crippen LogP contribution in [0.4, 0.5) is 0 Å². The SMILES string of the molecule is CNC(c1ccsc1Cl)C1(C)CC1. The number of rotatable bonds is 3. The Kier molecular flexibility index (Phi) is 2.39. The first-order valence-electron chi connectivity index (χ1n) is 4.57. The largest absolute Gasteiger partial charge is 0.312 e. The molecule has 1 fully saturated rings. The van der Waals surface area contributed by atoms with Crippen molar-refractivity contribution in [3.8, 4) is 0 Å². The summed E-state index contributed by atoms with van der Waals surface area (Å²) < 4.78 is 0.937. The second-order valence-electron chi connectivity index (χ2n) is 4.03. The van der Waals surface area contributed by atoms with E-state index in [0.717, 1.165) is 4.34 Å². The molecule has 0 aromatic carbocycles. The van der Waals surface area contributed by atoms with Crippen molar-refractivity contribution in [1.29, 1.82) is 0 Å². The maximum absolute atomic E-state index is 6.13. The topological polar surface area (TPSA) is 12.0 Å². The first kappa shape index (κ1) is 9.50. The summed E-state index contributed by atoms with van der Waals surface area (Å²) in [5.74, 6) is 0. The molecule has 1 N–H and O–H groups in total. The van der Waals surface area contributed by atoms with Gasteiger partial charge in [-0.2, -0.15) is 0 Å². The third-order valence-electron chi connectivity index (χ3n) is 2.98. The van der Waals surface area contributed by atoms with Crippen LogP contribution in [-0.4, -0.2) is 7.05 Å². The highest BCUT2D eigenvalue weighted by Crippen LogP contribution is 2.55. The Morgan fingerprint density at radius 1 is 1.62 bits per heavy atom. The van der Waals surface area contributed by atoms with Crippen LogP contribution in [0.5, 0.6) is 0 Å². The smallest absolute Gasteiger partial charge is 0.0976 e. The highest BCUT2D eigenvalue weighted by atomic mass is 35.5. The Morgan fingerprint density at radius 3 is 2.69 bits per heavy atom. The molecular weight excluding hydrogens is 202 g/mol. The molecule has 1 aliphatic rings. The highest BCUT2D eigenvalue weighted by Gasteiger charge is 2.45. The van der Waals surface area contributed by atoms with Crippen LogP contribution in [-0.2, 0) is 0 Å². The van der Waals surface area contributed by atoms with Crippen LogP contribution in [0.1, 0.15) is 31.4 Å². The van der Waals surface area contributed by atoms with Gasteiger partial charge in [-0.1, -0.05) is 18.5 Å². The van der Waals surface area contributed by atoms with Crippen molar-refractivity contribution in [3.05, 3.63) is 21.3 Å². The van der Waals surface area contributed by atoms with Crippen molar-refractivity contribution in [2.75, 3.05) is 7.05 Å². The molecule has 72 valence electrons. The molecular formula is C10H14ClNS. The fourth-order valence-electron chi connectivity index (χ4n) is 1.88. The van der Waals surface area contributed by atoms with Crippen molar-refractivity contribution in [2.24, 2.45) is 5.41 Å². The van der Waals surface area contributed by atoms with Gasteiger partial charge in [0.25, 0.3) is 0 Å². The molecule has 3 heteroatoms. The summed E-state index contributed by atoms with van der Waals surface area (Å²) >= 11 is 7.74. The molecule has 0 amide bonds. The summed E-state index contributed by atoms with van der Waals surface area (Å²) in [6.07, 6.45) is 2.62. The maximum atomic E-state index is 6.13. The molecule has 2 rings (SSSR count). The van der Waals surface area contributed by atoms with Crippen LogP contribution in [0.2, 0.25) is 4.34 Å². The zero-order valence-corrected chi connectivity index (χ0v) is 9.50. The van der Waals surface area contributed by atoms with Crippen molar-refractivity contribution in [3.63, 3.8) is 0 Å². The Hall–Kier alpha value is -0.0500. The summed E-state index contributed by atoms with van der Waals surface area (Å²) in [7, 11) is 2.02. The quantitative estimate of drug-likeness (QED) is 0.815. The van der Waals surface area contributed by atoms with Crippen molar-refractivity contribution >= 4 is 22.9 Å². The molecule has 1 saturated carbocycles. The minimum Gasteiger partial charge on any atom is -0.312 e. The van der Waals surface area contributed by atoms with E-state index in [4.69, 9.17) is 11.6 Å². The average Bonchev–Trinajstić information content (AvgIpc) is 2.69. The molecule has 1 aromatic rings.